The third-order valence-corrected chi connectivity index (χ3v) is 3.72. The molecule has 0 aromatic carbocycles. The molecule has 1 amide bonds. The van der Waals surface area contributed by atoms with Gasteiger partial charge in [-0.1, -0.05) is 18.0 Å². The minimum atomic E-state index is -0.833. The third-order valence-electron chi connectivity index (χ3n) is 3.72. The summed E-state index contributed by atoms with van der Waals surface area (Å²) in [5.41, 5.74) is 4.91. The van der Waals surface area contributed by atoms with Crippen molar-refractivity contribution in [1.29, 1.82) is 0 Å². The highest BCUT2D eigenvalue weighted by molar-refractivity contribution is 6.07. The number of amides is 1. The van der Waals surface area contributed by atoms with E-state index < -0.39 is 5.41 Å². The van der Waals surface area contributed by atoms with Crippen molar-refractivity contribution in [1.82, 2.24) is 4.90 Å². The third kappa shape index (κ3) is 2.75. The minimum absolute atomic E-state index is 0.0208. The number of hydrogen-bond donors (Lipinski definition) is 3. The molecular formula is C12H23N3O3. The number of hydrogen-bond acceptors (Lipinski definition) is 4. The van der Waals surface area contributed by atoms with Crippen molar-refractivity contribution in [3.8, 4) is 0 Å². The van der Waals surface area contributed by atoms with E-state index in [1.807, 2.05) is 6.92 Å². The van der Waals surface area contributed by atoms with Gasteiger partial charge in [0.15, 0.2) is 5.84 Å². The Balaban J connectivity index is 2.88. The van der Waals surface area contributed by atoms with Crippen molar-refractivity contribution in [2.45, 2.75) is 39.0 Å². The van der Waals surface area contributed by atoms with Crippen LogP contribution in [0.25, 0.3) is 0 Å². The van der Waals surface area contributed by atoms with E-state index in [0.717, 1.165) is 12.8 Å². The van der Waals surface area contributed by atoms with E-state index in [4.69, 9.17) is 16.0 Å². The standard InChI is InChI=1S/C12H23N3O3/c1-2-15(8-5-9-16)11(17)12(10(13)14-18)6-3-4-7-12/h16,18H,2-9H2,1H3,(H2,13,14). The van der Waals surface area contributed by atoms with Crippen LogP contribution in [0.15, 0.2) is 5.16 Å². The molecule has 1 aliphatic carbocycles. The zero-order valence-electron chi connectivity index (χ0n) is 10.9. The fourth-order valence-corrected chi connectivity index (χ4v) is 2.62. The van der Waals surface area contributed by atoms with Crippen LogP contribution in [0, 0.1) is 5.41 Å². The predicted octanol–water partition coefficient (Wildman–Crippen LogP) is 0.524. The number of aliphatic hydroxyl groups is 1. The summed E-state index contributed by atoms with van der Waals surface area (Å²) in [4.78, 5) is 14.3. The Morgan fingerprint density at radius 3 is 2.50 bits per heavy atom. The maximum absolute atomic E-state index is 12.6. The van der Waals surface area contributed by atoms with Crippen molar-refractivity contribution in [3.63, 3.8) is 0 Å². The normalized spacial score (nSPS) is 18.9. The summed E-state index contributed by atoms with van der Waals surface area (Å²) in [6.07, 6.45) is 3.65. The van der Waals surface area contributed by atoms with Crippen LogP contribution < -0.4 is 5.73 Å². The van der Waals surface area contributed by atoms with Crippen LogP contribution in [0.1, 0.15) is 39.0 Å². The van der Waals surface area contributed by atoms with Crippen molar-refractivity contribution in [2.75, 3.05) is 19.7 Å². The lowest BCUT2D eigenvalue weighted by Crippen LogP contribution is -2.50. The zero-order valence-corrected chi connectivity index (χ0v) is 10.9. The summed E-state index contributed by atoms with van der Waals surface area (Å²) >= 11 is 0. The van der Waals surface area contributed by atoms with Gasteiger partial charge in [-0.15, -0.1) is 0 Å². The van der Waals surface area contributed by atoms with Crippen LogP contribution in [-0.2, 0) is 4.79 Å². The number of carbonyl (C=O) groups is 1. The highest BCUT2D eigenvalue weighted by Crippen LogP contribution is 2.40. The number of rotatable bonds is 6. The molecule has 6 nitrogen and oxygen atoms in total. The number of oxime groups is 1. The van der Waals surface area contributed by atoms with Gasteiger partial charge < -0.3 is 20.9 Å². The van der Waals surface area contributed by atoms with Crippen LogP contribution in [0.4, 0.5) is 0 Å². The molecule has 4 N–H and O–H groups in total. The first-order valence-corrected chi connectivity index (χ1v) is 6.50. The molecule has 6 heteroatoms. The van der Waals surface area contributed by atoms with E-state index in [9.17, 15) is 4.79 Å². The summed E-state index contributed by atoms with van der Waals surface area (Å²) in [7, 11) is 0. The zero-order chi connectivity index (χ0) is 13.6. The average molecular weight is 257 g/mol. The molecule has 0 aromatic rings. The molecule has 1 fully saturated rings. The average Bonchev–Trinajstić information content (AvgIpc) is 2.89. The van der Waals surface area contributed by atoms with E-state index in [2.05, 4.69) is 5.16 Å². The lowest BCUT2D eigenvalue weighted by Gasteiger charge is -2.32. The van der Waals surface area contributed by atoms with Gasteiger partial charge in [0, 0.05) is 19.7 Å². The molecule has 0 aromatic heterocycles. The summed E-state index contributed by atoms with van der Waals surface area (Å²) < 4.78 is 0. The van der Waals surface area contributed by atoms with E-state index in [1.54, 1.807) is 4.90 Å². The Kier molecular flexibility index (Phi) is 5.40. The van der Waals surface area contributed by atoms with E-state index >= 15 is 0 Å². The Morgan fingerprint density at radius 1 is 1.44 bits per heavy atom. The molecule has 0 aliphatic heterocycles. The van der Waals surface area contributed by atoms with E-state index in [-0.39, 0.29) is 18.3 Å². The summed E-state index contributed by atoms with van der Waals surface area (Å²) in [5, 5.41) is 20.8. The largest absolute Gasteiger partial charge is 0.409 e. The van der Waals surface area contributed by atoms with Gasteiger partial charge in [-0.05, 0) is 26.2 Å². The minimum Gasteiger partial charge on any atom is -0.409 e. The molecular weight excluding hydrogens is 234 g/mol. The van der Waals surface area contributed by atoms with Gasteiger partial charge in [0.25, 0.3) is 0 Å². The predicted molar refractivity (Wildman–Crippen MR) is 68.3 cm³/mol. The fraction of sp³-hybridized carbons (Fsp3) is 0.833. The maximum Gasteiger partial charge on any atom is 0.236 e. The van der Waals surface area contributed by atoms with Crippen molar-refractivity contribution in [3.05, 3.63) is 0 Å². The Morgan fingerprint density at radius 2 is 2.06 bits per heavy atom. The van der Waals surface area contributed by atoms with Crippen LogP contribution >= 0.6 is 0 Å². The number of carbonyl (C=O) groups excluding carboxylic acids is 1. The second kappa shape index (κ2) is 6.58. The monoisotopic (exact) mass is 257 g/mol. The second-order valence-electron chi connectivity index (χ2n) is 4.74. The summed E-state index contributed by atoms with van der Waals surface area (Å²) in [6, 6.07) is 0. The van der Waals surface area contributed by atoms with Crippen LogP contribution in [0.3, 0.4) is 0 Å². The van der Waals surface area contributed by atoms with Crippen LogP contribution in [0.5, 0.6) is 0 Å². The molecule has 0 bridgehead atoms. The first-order chi connectivity index (χ1) is 8.62. The molecule has 0 saturated heterocycles. The molecule has 0 heterocycles. The fourth-order valence-electron chi connectivity index (χ4n) is 2.62. The number of amidine groups is 1. The van der Waals surface area contributed by atoms with Crippen molar-refractivity contribution in [2.24, 2.45) is 16.3 Å². The molecule has 0 unspecified atom stereocenters. The molecule has 1 rings (SSSR count). The number of nitrogens with two attached hydrogens (primary N) is 1. The molecule has 0 radical (unpaired) electrons. The summed E-state index contributed by atoms with van der Waals surface area (Å²) in [6.45, 7) is 3.02. The Hall–Kier alpha value is -1.30. The van der Waals surface area contributed by atoms with Gasteiger partial charge in [0.1, 0.15) is 5.41 Å². The lowest BCUT2D eigenvalue weighted by atomic mass is 9.83. The van der Waals surface area contributed by atoms with Gasteiger partial charge in [0.2, 0.25) is 5.91 Å². The van der Waals surface area contributed by atoms with Gasteiger partial charge >= 0.3 is 0 Å². The quantitative estimate of drug-likeness (QED) is 0.279. The maximum atomic E-state index is 12.6. The first-order valence-electron chi connectivity index (χ1n) is 6.50. The highest BCUT2D eigenvalue weighted by Gasteiger charge is 2.47. The van der Waals surface area contributed by atoms with Crippen molar-refractivity contribution < 1.29 is 15.1 Å². The molecule has 0 spiro atoms. The van der Waals surface area contributed by atoms with E-state index in [1.165, 1.54) is 0 Å². The van der Waals surface area contributed by atoms with Crippen molar-refractivity contribution >= 4 is 11.7 Å². The highest BCUT2D eigenvalue weighted by atomic mass is 16.4. The van der Waals surface area contributed by atoms with Crippen LogP contribution in [-0.4, -0.2) is 46.7 Å². The summed E-state index contributed by atoms with van der Waals surface area (Å²) in [5.74, 6) is -0.0568. The second-order valence-corrected chi connectivity index (χ2v) is 4.74. The van der Waals surface area contributed by atoms with Gasteiger partial charge in [-0.2, -0.15) is 0 Å². The smallest absolute Gasteiger partial charge is 0.236 e. The molecule has 0 atom stereocenters. The number of aliphatic hydroxyl groups excluding tert-OH is 1. The Labute approximate surface area is 107 Å². The first kappa shape index (κ1) is 14.8. The van der Waals surface area contributed by atoms with Gasteiger partial charge in [-0.3, -0.25) is 4.79 Å². The molecule has 1 aliphatic rings. The van der Waals surface area contributed by atoms with Gasteiger partial charge in [-0.25, -0.2) is 0 Å². The SMILES string of the molecule is CCN(CCCO)C(=O)C1(C(N)=NO)CCCC1. The number of nitrogens with zero attached hydrogens (tertiary/aromatic N) is 2. The molecule has 1 saturated carbocycles. The lowest BCUT2D eigenvalue weighted by molar-refractivity contribution is -0.138. The van der Waals surface area contributed by atoms with Crippen LogP contribution in [0.2, 0.25) is 0 Å². The van der Waals surface area contributed by atoms with E-state index in [0.29, 0.717) is 32.4 Å². The molecule has 18 heavy (non-hydrogen) atoms. The molecule has 104 valence electrons. The Bertz CT molecular complexity index is 312. The van der Waals surface area contributed by atoms with Gasteiger partial charge in [0.05, 0.1) is 0 Å². The topological polar surface area (TPSA) is 99.2 Å².